The molecule has 0 saturated carbocycles. The minimum Gasteiger partial charge on any atom is -0.462 e. The molecule has 350 valence electrons. The molecule has 0 unspecified atom stereocenters. The number of esters is 3. The third kappa shape index (κ3) is 47.3. The molecule has 59 heavy (non-hydrogen) atoms. The van der Waals surface area contributed by atoms with Gasteiger partial charge in [0.1, 0.15) is 13.2 Å². The lowest BCUT2D eigenvalue weighted by Crippen LogP contribution is -2.30. The smallest absolute Gasteiger partial charge is 0.306 e. The SMILES string of the molecule is CCCCCCCCCCCCCCCCCCCC(=O)OC[C@H](COC(=O)CCCCCCCCC)OC(=O)CCCCCCCCCCCCCCCCC(C)C. The highest BCUT2D eigenvalue weighted by atomic mass is 16.6. The monoisotopic (exact) mass is 835 g/mol. The van der Waals surface area contributed by atoms with Crippen molar-refractivity contribution in [3.05, 3.63) is 0 Å². The van der Waals surface area contributed by atoms with E-state index in [0.29, 0.717) is 19.3 Å². The van der Waals surface area contributed by atoms with Crippen LogP contribution < -0.4 is 0 Å². The van der Waals surface area contributed by atoms with Gasteiger partial charge in [-0.05, 0) is 25.2 Å². The summed E-state index contributed by atoms with van der Waals surface area (Å²) in [5.74, 6) is -0.00619. The van der Waals surface area contributed by atoms with Crippen LogP contribution in [-0.4, -0.2) is 37.2 Å². The third-order valence-corrected chi connectivity index (χ3v) is 12.0. The highest BCUT2D eigenvalue weighted by Crippen LogP contribution is 2.17. The van der Waals surface area contributed by atoms with Gasteiger partial charge in [0, 0.05) is 19.3 Å². The quantitative estimate of drug-likeness (QED) is 0.0345. The Balaban J connectivity index is 4.18. The van der Waals surface area contributed by atoms with Crippen LogP contribution in [-0.2, 0) is 28.6 Å². The highest BCUT2D eigenvalue weighted by Gasteiger charge is 2.19. The molecular weight excluding hydrogens is 733 g/mol. The molecule has 0 aromatic carbocycles. The summed E-state index contributed by atoms with van der Waals surface area (Å²) in [7, 11) is 0. The first kappa shape index (κ1) is 57.4. The van der Waals surface area contributed by atoms with Gasteiger partial charge in [0.25, 0.3) is 0 Å². The van der Waals surface area contributed by atoms with E-state index in [4.69, 9.17) is 14.2 Å². The van der Waals surface area contributed by atoms with Crippen LogP contribution in [0.5, 0.6) is 0 Å². The summed E-state index contributed by atoms with van der Waals surface area (Å²) in [6.45, 7) is 9.00. The molecular formula is C53H102O6. The Kier molecular flexibility index (Phi) is 46.2. The van der Waals surface area contributed by atoms with Gasteiger partial charge in [-0.3, -0.25) is 14.4 Å². The van der Waals surface area contributed by atoms with Crippen LogP contribution in [0.25, 0.3) is 0 Å². The largest absolute Gasteiger partial charge is 0.462 e. The molecule has 0 saturated heterocycles. The summed E-state index contributed by atoms with van der Waals surface area (Å²) < 4.78 is 16.8. The molecule has 1 atom stereocenters. The fourth-order valence-corrected chi connectivity index (χ4v) is 8.04. The third-order valence-electron chi connectivity index (χ3n) is 12.0. The van der Waals surface area contributed by atoms with E-state index in [1.54, 1.807) is 0 Å². The van der Waals surface area contributed by atoms with Crippen molar-refractivity contribution in [1.29, 1.82) is 0 Å². The van der Waals surface area contributed by atoms with Crippen LogP contribution in [0, 0.1) is 5.92 Å². The van der Waals surface area contributed by atoms with Crippen LogP contribution in [0.3, 0.4) is 0 Å². The lowest BCUT2D eigenvalue weighted by Gasteiger charge is -2.18. The van der Waals surface area contributed by atoms with E-state index in [0.717, 1.165) is 63.7 Å². The Hall–Kier alpha value is -1.59. The van der Waals surface area contributed by atoms with Gasteiger partial charge in [-0.2, -0.15) is 0 Å². The summed E-state index contributed by atoms with van der Waals surface area (Å²) in [5.41, 5.74) is 0. The Morgan fingerprint density at radius 3 is 0.831 bits per heavy atom. The van der Waals surface area contributed by atoms with Gasteiger partial charge in [0.15, 0.2) is 6.10 Å². The zero-order valence-corrected chi connectivity index (χ0v) is 40.2. The molecule has 0 aliphatic rings. The minimum absolute atomic E-state index is 0.0630. The molecule has 0 heterocycles. The Morgan fingerprint density at radius 2 is 0.559 bits per heavy atom. The minimum atomic E-state index is -0.759. The first-order valence-electron chi connectivity index (χ1n) is 26.4. The summed E-state index contributed by atoms with van der Waals surface area (Å²) in [6, 6.07) is 0. The fraction of sp³-hybridized carbons (Fsp3) is 0.943. The van der Waals surface area contributed by atoms with Gasteiger partial charge in [0.2, 0.25) is 0 Å². The molecule has 0 aromatic rings. The Morgan fingerprint density at radius 1 is 0.322 bits per heavy atom. The molecule has 0 bridgehead atoms. The van der Waals surface area contributed by atoms with Gasteiger partial charge in [-0.25, -0.2) is 0 Å². The van der Waals surface area contributed by atoms with Gasteiger partial charge in [-0.1, -0.05) is 259 Å². The predicted molar refractivity (Wildman–Crippen MR) is 252 cm³/mol. The van der Waals surface area contributed by atoms with Crippen molar-refractivity contribution in [2.75, 3.05) is 13.2 Å². The molecule has 0 rings (SSSR count). The zero-order valence-electron chi connectivity index (χ0n) is 40.2. The Bertz CT molecular complexity index is 887. The van der Waals surface area contributed by atoms with E-state index in [1.807, 2.05) is 0 Å². The van der Waals surface area contributed by atoms with Crippen molar-refractivity contribution < 1.29 is 28.6 Å². The maximum atomic E-state index is 12.8. The van der Waals surface area contributed by atoms with Crippen LogP contribution in [0.15, 0.2) is 0 Å². The molecule has 6 nitrogen and oxygen atoms in total. The van der Waals surface area contributed by atoms with Crippen molar-refractivity contribution in [3.63, 3.8) is 0 Å². The zero-order chi connectivity index (χ0) is 43.1. The van der Waals surface area contributed by atoms with E-state index in [-0.39, 0.29) is 31.1 Å². The second-order valence-electron chi connectivity index (χ2n) is 18.6. The molecule has 0 aromatic heterocycles. The molecule has 0 aliphatic carbocycles. The fourth-order valence-electron chi connectivity index (χ4n) is 8.04. The number of unbranched alkanes of at least 4 members (excludes halogenated alkanes) is 35. The normalized spacial score (nSPS) is 11.9. The molecule has 0 radical (unpaired) electrons. The summed E-state index contributed by atoms with van der Waals surface area (Å²) in [5, 5.41) is 0. The maximum Gasteiger partial charge on any atom is 0.306 e. The number of hydrogen-bond donors (Lipinski definition) is 0. The van der Waals surface area contributed by atoms with Crippen molar-refractivity contribution in [1.82, 2.24) is 0 Å². The summed E-state index contributed by atoms with van der Waals surface area (Å²) in [4.78, 5) is 37.8. The van der Waals surface area contributed by atoms with E-state index in [2.05, 4.69) is 27.7 Å². The number of ether oxygens (including phenoxy) is 3. The number of carbonyl (C=O) groups excluding carboxylic acids is 3. The second kappa shape index (κ2) is 47.5. The van der Waals surface area contributed by atoms with Gasteiger partial charge < -0.3 is 14.2 Å². The van der Waals surface area contributed by atoms with Crippen LogP contribution in [0.1, 0.15) is 297 Å². The molecule has 0 spiro atoms. The summed E-state index contributed by atoms with van der Waals surface area (Å²) in [6.07, 6.45) is 49.6. The second-order valence-corrected chi connectivity index (χ2v) is 18.6. The number of hydrogen-bond acceptors (Lipinski definition) is 6. The van der Waals surface area contributed by atoms with E-state index < -0.39 is 6.10 Å². The molecule has 0 N–H and O–H groups in total. The average Bonchev–Trinajstić information content (AvgIpc) is 3.22. The molecule has 6 heteroatoms. The van der Waals surface area contributed by atoms with Crippen molar-refractivity contribution in [2.45, 2.75) is 303 Å². The van der Waals surface area contributed by atoms with Gasteiger partial charge in [0.05, 0.1) is 0 Å². The van der Waals surface area contributed by atoms with Crippen molar-refractivity contribution in [3.8, 4) is 0 Å². The number of carbonyl (C=O) groups is 3. The highest BCUT2D eigenvalue weighted by molar-refractivity contribution is 5.71. The van der Waals surface area contributed by atoms with Crippen LogP contribution in [0.4, 0.5) is 0 Å². The summed E-state index contributed by atoms with van der Waals surface area (Å²) >= 11 is 0. The lowest BCUT2D eigenvalue weighted by molar-refractivity contribution is -0.167. The first-order valence-corrected chi connectivity index (χ1v) is 26.4. The maximum absolute atomic E-state index is 12.8. The van der Waals surface area contributed by atoms with E-state index >= 15 is 0 Å². The standard InChI is InChI=1S/C53H102O6/c1-5-7-9-11-13-14-15-16-17-18-19-23-26-29-33-37-41-45-52(55)58-48-50(47-57-51(54)44-40-36-31-12-10-8-6-2)59-53(56)46-42-38-34-30-27-24-21-20-22-25-28-32-35-39-43-49(3)4/h49-50H,5-48H2,1-4H3/t50-/m0/s1. The van der Waals surface area contributed by atoms with Crippen molar-refractivity contribution in [2.24, 2.45) is 5.92 Å². The first-order chi connectivity index (χ1) is 28.9. The van der Waals surface area contributed by atoms with Gasteiger partial charge >= 0.3 is 17.9 Å². The molecule has 0 fully saturated rings. The molecule has 0 aliphatic heterocycles. The van der Waals surface area contributed by atoms with Crippen molar-refractivity contribution >= 4 is 17.9 Å². The lowest BCUT2D eigenvalue weighted by atomic mass is 10.0. The Labute approximate surface area is 368 Å². The predicted octanol–water partition coefficient (Wildman–Crippen LogP) is 17.1. The topological polar surface area (TPSA) is 78.9 Å². The van der Waals surface area contributed by atoms with Crippen LogP contribution >= 0.6 is 0 Å². The van der Waals surface area contributed by atoms with E-state index in [9.17, 15) is 14.4 Å². The van der Waals surface area contributed by atoms with E-state index in [1.165, 1.54) is 193 Å². The number of rotatable bonds is 48. The average molecular weight is 835 g/mol. The van der Waals surface area contributed by atoms with Gasteiger partial charge in [-0.15, -0.1) is 0 Å². The van der Waals surface area contributed by atoms with Crippen LogP contribution in [0.2, 0.25) is 0 Å². The molecule has 0 amide bonds.